The lowest BCUT2D eigenvalue weighted by Gasteiger charge is -2.35. The quantitative estimate of drug-likeness (QED) is 0.305. The van der Waals surface area contributed by atoms with E-state index in [2.05, 4.69) is 44.8 Å². The van der Waals surface area contributed by atoms with E-state index >= 15 is 0 Å². The summed E-state index contributed by atoms with van der Waals surface area (Å²) < 4.78 is 24.1. The molecular formula is C23H32FIN4O2. The number of nitrogens with zero attached hydrogens (tertiary/aromatic N) is 2. The van der Waals surface area contributed by atoms with E-state index < -0.39 is 0 Å². The van der Waals surface area contributed by atoms with Gasteiger partial charge in [0.05, 0.1) is 25.9 Å². The van der Waals surface area contributed by atoms with Gasteiger partial charge in [0.25, 0.3) is 0 Å². The number of nitrogens with one attached hydrogen (secondary N) is 2. The van der Waals surface area contributed by atoms with Crippen molar-refractivity contribution in [3.05, 3.63) is 71.0 Å². The highest BCUT2D eigenvalue weighted by Gasteiger charge is 2.23. The van der Waals surface area contributed by atoms with Crippen molar-refractivity contribution in [2.45, 2.75) is 19.2 Å². The summed E-state index contributed by atoms with van der Waals surface area (Å²) in [5.74, 6) is 0.512. The van der Waals surface area contributed by atoms with E-state index in [0.29, 0.717) is 32.9 Å². The maximum absolute atomic E-state index is 13.4. The summed E-state index contributed by atoms with van der Waals surface area (Å²) in [6.45, 7) is 5.08. The van der Waals surface area contributed by atoms with Gasteiger partial charge in [-0.25, -0.2) is 4.39 Å². The van der Waals surface area contributed by atoms with Crippen molar-refractivity contribution in [3.8, 4) is 0 Å². The van der Waals surface area contributed by atoms with Gasteiger partial charge in [-0.05, 0) is 28.8 Å². The molecule has 1 aliphatic rings. The van der Waals surface area contributed by atoms with Crippen molar-refractivity contribution in [2.24, 2.45) is 4.99 Å². The average molecular weight is 542 g/mol. The maximum atomic E-state index is 13.4. The highest BCUT2D eigenvalue weighted by molar-refractivity contribution is 14.0. The van der Waals surface area contributed by atoms with Gasteiger partial charge in [-0.3, -0.25) is 9.89 Å². The smallest absolute Gasteiger partial charge is 0.191 e. The predicted molar refractivity (Wildman–Crippen MR) is 132 cm³/mol. The third-order valence-electron chi connectivity index (χ3n) is 5.22. The van der Waals surface area contributed by atoms with E-state index in [4.69, 9.17) is 9.47 Å². The van der Waals surface area contributed by atoms with E-state index in [1.54, 1.807) is 14.2 Å². The molecule has 1 atom stereocenters. The number of hydrogen-bond acceptors (Lipinski definition) is 4. The Bertz CT molecular complexity index is 796. The van der Waals surface area contributed by atoms with Crippen LogP contribution >= 0.6 is 24.0 Å². The van der Waals surface area contributed by atoms with Crippen molar-refractivity contribution in [3.63, 3.8) is 0 Å². The Morgan fingerprint density at radius 2 is 1.71 bits per heavy atom. The summed E-state index contributed by atoms with van der Waals surface area (Å²) in [5, 5.41) is 6.78. The van der Waals surface area contributed by atoms with Crippen LogP contribution in [0.1, 0.15) is 22.7 Å². The molecule has 0 saturated carbocycles. The highest BCUT2D eigenvalue weighted by atomic mass is 127. The number of ether oxygens (including phenoxy) is 2. The lowest BCUT2D eigenvalue weighted by atomic mass is 10.0. The molecule has 2 aromatic rings. The minimum atomic E-state index is -0.221. The van der Waals surface area contributed by atoms with Crippen molar-refractivity contribution in [1.82, 2.24) is 15.5 Å². The molecule has 0 radical (unpaired) electrons. The van der Waals surface area contributed by atoms with Gasteiger partial charge < -0.3 is 20.1 Å². The molecule has 6 nitrogen and oxygen atoms in total. The Hall–Kier alpha value is -1.75. The van der Waals surface area contributed by atoms with E-state index in [9.17, 15) is 4.39 Å². The molecule has 0 spiro atoms. The summed E-state index contributed by atoms with van der Waals surface area (Å²) in [5.41, 5.74) is 3.40. The maximum Gasteiger partial charge on any atom is 0.191 e. The van der Waals surface area contributed by atoms with Crippen molar-refractivity contribution in [2.75, 3.05) is 47.0 Å². The molecule has 1 saturated heterocycles. The van der Waals surface area contributed by atoms with Crippen LogP contribution in [-0.2, 0) is 22.6 Å². The Labute approximate surface area is 201 Å². The van der Waals surface area contributed by atoms with Crippen LogP contribution in [0.15, 0.2) is 53.5 Å². The normalized spacial score (nSPS) is 15.8. The second kappa shape index (κ2) is 13.6. The molecule has 1 heterocycles. The topological polar surface area (TPSA) is 58.1 Å². The molecule has 0 aliphatic carbocycles. The summed E-state index contributed by atoms with van der Waals surface area (Å²) >= 11 is 0. The molecular weight excluding hydrogens is 510 g/mol. The standard InChI is InChI=1S/C23H31FN4O2.HI/c1-25-23(26-15-18-3-5-19(6-4-18)17-29-2)27-16-22(28-11-13-30-14-12-28)20-7-9-21(24)10-8-20;/h3-10,22H,11-17H2,1-2H3,(H2,25,26,27);1H. The first kappa shape index (κ1) is 25.5. The van der Waals surface area contributed by atoms with Crippen LogP contribution in [0, 0.1) is 5.82 Å². The van der Waals surface area contributed by atoms with Gasteiger partial charge in [0.1, 0.15) is 5.82 Å². The lowest BCUT2D eigenvalue weighted by molar-refractivity contribution is 0.0170. The van der Waals surface area contributed by atoms with Crippen molar-refractivity contribution in [1.29, 1.82) is 0 Å². The fraction of sp³-hybridized carbons (Fsp3) is 0.435. The van der Waals surface area contributed by atoms with E-state index in [-0.39, 0.29) is 35.8 Å². The Kier molecular flexibility index (Phi) is 11.2. The Balaban J connectivity index is 0.00000341. The molecule has 2 aromatic carbocycles. The van der Waals surface area contributed by atoms with Gasteiger partial charge in [0.15, 0.2) is 5.96 Å². The molecule has 0 bridgehead atoms. The van der Waals surface area contributed by atoms with E-state index in [1.165, 1.54) is 17.7 Å². The summed E-state index contributed by atoms with van der Waals surface area (Å²) in [6, 6.07) is 15.2. The average Bonchev–Trinajstić information content (AvgIpc) is 2.79. The zero-order chi connectivity index (χ0) is 21.2. The number of rotatable bonds is 8. The van der Waals surface area contributed by atoms with Gasteiger partial charge in [-0.1, -0.05) is 36.4 Å². The zero-order valence-corrected chi connectivity index (χ0v) is 20.5. The molecule has 8 heteroatoms. The van der Waals surface area contributed by atoms with Crippen LogP contribution < -0.4 is 10.6 Å². The largest absolute Gasteiger partial charge is 0.380 e. The predicted octanol–water partition coefficient (Wildman–Crippen LogP) is 3.33. The number of morpholine rings is 1. The van der Waals surface area contributed by atoms with Crippen LogP contribution in [-0.4, -0.2) is 57.9 Å². The summed E-state index contributed by atoms with van der Waals surface area (Å²) in [7, 11) is 3.46. The van der Waals surface area contributed by atoms with Gasteiger partial charge in [-0.15, -0.1) is 24.0 Å². The van der Waals surface area contributed by atoms with E-state index in [1.807, 2.05) is 12.1 Å². The third kappa shape index (κ3) is 8.03. The SMILES string of the molecule is CN=C(NCc1ccc(COC)cc1)NCC(c1ccc(F)cc1)N1CCOCC1.I. The molecule has 3 rings (SSSR count). The molecule has 0 aromatic heterocycles. The minimum Gasteiger partial charge on any atom is -0.380 e. The molecule has 0 amide bonds. The van der Waals surface area contributed by atoms with Gasteiger partial charge in [0.2, 0.25) is 0 Å². The second-order valence-corrected chi connectivity index (χ2v) is 7.27. The first-order valence-electron chi connectivity index (χ1n) is 10.3. The third-order valence-corrected chi connectivity index (χ3v) is 5.22. The van der Waals surface area contributed by atoms with Crippen molar-refractivity contribution >= 4 is 29.9 Å². The molecule has 1 aliphatic heterocycles. The van der Waals surface area contributed by atoms with E-state index in [0.717, 1.165) is 30.2 Å². The fourth-order valence-corrected chi connectivity index (χ4v) is 3.55. The first-order valence-corrected chi connectivity index (χ1v) is 10.3. The molecule has 31 heavy (non-hydrogen) atoms. The number of benzene rings is 2. The summed E-state index contributed by atoms with van der Waals surface area (Å²) in [4.78, 5) is 6.71. The van der Waals surface area contributed by atoms with Crippen LogP contribution in [0.3, 0.4) is 0 Å². The highest BCUT2D eigenvalue weighted by Crippen LogP contribution is 2.21. The van der Waals surface area contributed by atoms with Crippen LogP contribution in [0.25, 0.3) is 0 Å². The molecule has 1 unspecified atom stereocenters. The number of aliphatic imine (C=N–C) groups is 1. The number of hydrogen-bond donors (Lipinski definition) is 2. The van der Waals surface area contributed by atoms with Gasteiger partial charge in [0, 0.05) is 40.3 Å². The van der Waals surface area contributed by atoms with Gasteiger partial charge >= 0.3 is 0 Å². The second-order valence-electron chi connectivity index (χ2n) is 7.27. The Morgan fingerprint density at radius 3 is 2.32 bits per heavy atom. The van der Waals surface area contributed by atoms with Crippen molar-refractivity contribution < 1.29 is 13.9 Å². The van der Waals surface area contributed by atoms with Crippen LogP contribution in [0.2, 0.25) is 0 Å². The van der Waals surface area contributed by atoms with Gasteiger partial charge in [-0.2, -0.15) is 0 Å². The Morgan fingerprint density at radius 1 is 1.06 bits per heavy atom. The molecule has 170 valence electrons. The summed E-state index contributed by atoms with van der Waals surface area (Å²) in [6.07, 6.45) is 0. The van der Waals surface area contributed by atoms with Crippen LogP contribution in [0.5, 0.6) is 0 Å². The number of methoxy groups -OCH3 is 1. The monoisotopic (exact) mass is 542 g/mol. The minimum absolute atomic E-state index is 0. The fourth-order valence-electron chi connectivity index (χ4n) is 3.55. The molecule has 2 N–H and O–H groups in total. The lowest BCUT2D eigenvalue weighted by Crippen LogP contribution is -2.46. The first-order chi connectivity index (χ1) is 14.7. The number of halogens is 2. The molecule has 1 fully saturated rings. The number of guanidine groups is 1. The van der Waals surface area contributed by atoms with Crippen LogP contribution in [0.4, 0.5) is 4.39 Å². The zero-order valence-electron chi connectivity index (χ0n) is 18.1.